The number of aliphatic hydroxyl groups is 1. The number of aliphatic carboxylic acids is 1. The molecule has 4 aromatic carbocycles. The zero-order valence-electron chi connectivity index (χ0n) is 66.7. The number of methoxy groups -OCH3 is 1. The molecule has 1 unspecified atom stereocenters. The van der Waals surface area contributed by atoms with Gasteiger partial charge >= 0.3 is 5.97 Å². The number of aliphatic hydroxyl groups excluding tert-OH is 1. The molecule has 5 aromatic rings. The largest absolute Gasteiger partial charge is 0.497 e. The van der Waals surface area contributed by atoms with E-state index < -0.39 is 242 Å². The van der Waals surface area contributed by atoms with Gasteiger partial charge in [-0.2, -0.15) is 0 Å². The second-order valence-corrected chi connectivity index (χ2v) is 29.3. The Morgan fingerprint density at radius 1 is 0.592 bits per heavy atom. The molecule has 120 heavy (non-hydrogen) atoms. The molecule has 42 nitrogen and oxygen atoms in total. The number of para-hydroxylation sites is 1. The molecule has 0 bridgehead atoms. The highest BCUT2D eigenvalue weighted by atomic mass is 16.5. The smallest absolute Gasteiger partial charge is 0.326 e. The summed E-state index contributed by atoms with van der Waals surface area (Å²) < 4.78 is 5.37. The van der Waals surface area contributed by atoms with Gasteiger partial charge in [-0.1, -0.05) is 72.8 Å². The molecule has 28 N–H and O–H groups in total. The monoisotopic (exact) mass is 1670 g/mol. The molecule has 1 fully saturated rings. The number of primary amides is 4. The number of fused-ring (bicyclic) bond motifs is 2. The minimum atomic E-state index is -2.16. The first-order valence-corrected chi connectivity index (χ1v) is 38.4. The molecule has 42 heteroatoms. The number of carbonyl (C=O) groups excluding carboxylic acids is 17. The molecule has 12 atom stereocenters. The fraction of sp³-hybridized carbons (Fsp3) is 0.449. The Morgan fingerprint density at radius 2 is 1.15 bits per heavy atom. The number of amides is 17. The summed E-state index contributed by atoms with van der Waals surface area (Å²) in [4.78, 5) is 253. The van der Waals surface area contributed by atoms with Crippen LogP contribution in [0.4, 0.5) is 0 Å². The molecule has 0 aliphatic carbocycles. The summed E-state index contributed by atoms with van der Waals surface area (Å²) in [5, 5.41) is 65.4. The van der Waals surface area contributed by atoms with E-state index in [1.54, 1.807) is 84.9 Å². The summed E-state index contributed by atoms with van der Waals surface area (Å²) in [6.07, 6.45) is -7.32. The highest BCUT2D eigenvalue weighted by molar-refractivity contribution is 6.02. The van der Waals surface area contributed by atoms with Crippen LogP contribution in [0.5, 0.6) is 5.75 Å². The number of ether oxygens (including phenoxy) is 1. The normalized spacial score (nSPS) is 21.5. The van der Waals surface area contributed by atoms with Gasteiger partial charge in [0.1, 0.15) is 77.7 Å². The van der Waals surface area contributed by atoms with E-state index in [1.165, 1.54) is 27.2 Å². The molecular formula is C78H105N21O21. The summed E-state index contributed by atoms with van der Waals surface area (Å²) in [5.41, 5.74) is 27.1. The van der Waals surface area contributed by atoms with Gasteiger partial charge in [0.15, 0.2) is 5.96 Å². The van der Waals surface area contributed by atoms with Crippen LogP contribution < -0.4 is 108 Å². The maximum atomic E-state index is 15.4. The molecule has 0 radical (unpaired) electrons. The van der Waals surface area contributed by atoms with Crippen LogP contribution in [0.2, 0.25) is 0 Å². The maximum absolute atomic E-state index is 15.4. The van der Waals surface area contributed by atoms with Crippen LogP contribution in [-0.2, 0) is 106 Å². The molecule has 6 rings (SSSR count). The lowest BCUT2D eigenvalue weighted by Gasteiger charge is -2.31. The van der Waals surface area contributed by atoms with Gasteiger partial charge < -0.3 is 123 Å². The Balaban J connectivity index is 1.49. The highest BCUT2D eigenvalue weighted by Gasteiger charge is 2.41. The molecule has 0 saturated carbocycles. The highest BCUT2D eigenvalue weighted by Crippen LogP contribution is 2.22. The molecule has 1 saturated heterocycles. The number of carboxylic acids is 1. The molecule has 2 heterocycles. The van der Waals surface area contributed by atoms with E-state index in [9.17, 15) is 72.5 Å². The number of aromatic nitrogens is 1. The Hall–Kier alpha value is -13.8. The molecule has 17 amide bonds. The van der Waals surface area contributed by atoms with Gasteiger partial charge in [-0.15, -0.1) is 0 Å². The Bertz CT molecular complexity index is 4610. The fourth-order valence-electron chi connectivity index (χ4n) is 12.8. The third-order valence-electron chi connectivity index (χ3n) is 19.2. The molecule has 1 aliphatic rings. The lowest BCUT2D eigenvalue weighted by Crippen LogP contribution is -2.64. The summed E-state index contributed by atoms with van der Waals surface area (Å²) >= 11 is 0. The number of benzene rings is 4. The van der Waals surface area contributed by atoms with Crippen molar-refractivity contribution >= 4 is 134 Å². The van der Waals surface area contributed by atoms with Crippen molar-refractivity contribution in [1.82, 2.24) is 79.4 Å². The van der Waals surface area contributed by atoms with E-state index in [1.807, 2.05) is 11.4 Å². The SMILES string of the molecule is COc1ccc(C[C@@H]2NC(=O)[C@H](CCCNC(=N)N)NC(=O)[C@H](CCC(N)=O)NC(=O)[C@H](Cc3c[nH]c4ccccc34)NC(=O)C([C@@H](C)O)NC(=O)[C@H](CC(N)=O)NC(=O)[C@H](NC(C)=O)CCCCNC(=O)CC[C@H](C(=O)N[C@@H](CC(N)=O)C(=O)N[C@@H](CC(N)=O)C(=O)O)NC(=O)C(C)(C)NC(=O)[C@H](Cc3ccc4ccccc4c3)NC2=O)cc1. The van der Waals surface area contributed by atoms with Crippen LogP contribution in [0.3, 0.4) is 0 Å². The van der Waals surface area contributed by atoms with Crippen molar-refractivity contribution in [2.24, 2.45) is 28.7 Å². The quantitative estimate of drug-likeness (QED) is 0.0132. The standard InChI is InChI=1S/C78H105N21O21/c1-39(100)64-74(116)95-55(34-45-38-87-48-16-9-8-15-47(45)48)70(112)90-51(25-27-59(79)102)67(109)89-50(18-12-30-86-77(83)84)66(108)91-53(32-41-20-23-46(120-5)24-21-41)69(111)92-54(33-42-19-22-43-13-6-7-14-44(43)31-42)73(115)99-78(3,4)76(119)97-52(68(110)93-56(35-60(80)103)71(113)96-58(75(117)118)37-62(82)105)26-28-63(106)85-29-11-10-17-49(88-40(2)101)65(107)94-57(36-61(81)104)72(114)98-64/h6-9,13-16,19-24,31,38-39,49-58,64,87,100H,10-12,17-18,25-30,32-37H2,1-5H3,(H2,79,102)(H2,80,103)(H2,81,104)(H2,82,105)(H,85,106)(H,88,101)(H,89,109)(H,90,112)(H,91,108)(H,92,111)(H,93,110)(H,94,107)(H,95,116)(H,96,113)(H,97,119)(H,98,114)(H,99,115)(H,117,118)(H4,83,84,86)/t39-,49-,50+,51+,52-,53+,54+,55+,56+,57+,58+,64?/m1/s1. The molecule has 1 aliphatic heterocycles. The van der Waals surface area contributed by atoms with Crippen LogP contribution >= 0.6 is 0 Å². The Morgan fingerprint density at radius 3 is 1.76 bits per heavy atom. The van der Waals surface area contributed by atoms with Gasteiger partial charge in [0, 0.05) is 69.2 Å². The van der Waals surface area contributed by atoms with Crippen LogP contribution in [0.15, 0.2) is 97.2 Å². The number of carbonyl (C=O) groups is 18. The third kappa shape index (κ3) is 30.7. The summed E-state index contributed by atoms with van der Waals surface area (Å²) in [6, 6.07) is 5.20. The van der Waals surface area contributed by atoms with Gasteiger partial charge in [-0.25, -0.2) is 4.79 Å². The van der Waals surface area contributed by atoms with Crippen molar-refractivity contribution in [3.63, 3.8) is 0 Å². The van der Waals surface area contributed by atoms with Gasteiger partial charge in [0.25, 0.3) is 0 Å². The average molecular weight is 1670 g/mol. The average Bonchev–Trinajstić information content (AvgIpc) is 1.00. The van der Waals surface area contributed by atoms with Crippen LogP contribution in [0, 0.1) is 5.41 Å². The minimum absolute atomic E-state index is 0.0160. The van der Waals surface area contributed by atoms with Gasteiger partial charge in [0.2, 0.25) is 100 Å². The van der Waals surface area contributed by atoms with Crippen LogP contribution in [0.25, 0.3) is 21.7 Å². The molecule has 0 spiro atoms. The second-order valence-electron chi connectivity index (χ2n) is 29.3. The molecule has 1 aromatic heterocycles. The predicted octanol–water partition coefficient (Wildman–Crippen LogP) is -5.69. The van der Waals surface area contributed by atoms with E-state index in [4.69, 9.17) is 38.8 Å². The van der Waals surface area contributed by atoms with Crippen molar-refractivity contribution in [3.05, 3.63) is 114 Å². The molecular weight excluding hydrogens is 1570 g/mol. The van der Waals surface area contributed by atoms with E-state index in [0.29, 0.717) is 38.7 Å². The van der Waals surface area contributed by atoms with E-state index in [0.717, 1.165) is 19.2 Å². The number of hydrogen-bond donors (Lipinski definition) is 23. The number of nitrogens with two attached hydrogens (primary N) is 5. The van der Waals surface area contributed by atoms with Crippen molar-refractivity contribution < 1.29 is 101 Å². The number of hydrogen-bond acceptors (Lipinski definition) is 21. The predicted molar refractivity (Wildman–Crippen MR) is 430 cm³/mol. The van der Waals surface area contributed by atoms with Crippen molar-refractivity contribution in [2.45, 2.75) is 202 Å². The first kappa shape index (κ1) is 95.0. The van der Waals surface area contributed by atoms with E-state index in [-0.39, 0.29) is 58.0 Å². The summed E-state index contributed by atoms with van der Waals surface area (Å²) in [5.74, 6) is -20.9. The maximum Gasteiger partial charge on any atom is 0.326 e. The lowest BCUT2D eigenvalue weighted by atomic mass is 9.97. The zero-order valence-corrected chi connectivity index (χ0v) is 66.7. The minimum Gasteiger partial charge on any atom is -0.497 e. The van der Waals surface area contributed by atoms with Crippen LogP contribution in [0.1, 0.15) is 121 Å². The first-order chi connectivity index (χ1) is 56.7. The van der Waals surface area contributed by atoms with Gasteiger partial charge in [0.05, 0.1) is 32.5 Å². The molecule has 648 valence electrons. The summed E-state index contributed by atoms with van der Waals surface area (Å²) in [7, 11) is 1.40. The number of H-pyrrole nitrogens is 1. The van der Waals surface area contributed by atoms with Crippen LogP contribution in [-0.4, -0.2) is 226 Å². The van der Waals surface area contributed by atoms with E-state index >= 15 is 24.0 Å². The summed E-state index contributed by atoms with van der Waals surface area (Å²) in [6.45, 7) is 4.24. The van der Waals surface area contributed by atoms with E-state index in [2.05, 4.69) is 74.1 Å². The Labute approximate surface area is 688 Å². The third-order valence-corrected chi connectivity index (χ3v) is 19.2. The first-order valence-electron chi connectivity index (χ1n) is 38.4. The Kier molecular flexibility index (Phi) is 36.1. The van der Waals surface area contributed by atoms with Gasteiger partial charge in [-0.05, 0) is 111 Å². The van der Waals surface area contributed by atoms with Crippen molar-refractivity contribution in [2.75, 3.05) is 20.2 Å². The van der Waals surface area contributed by atoms with Crippen molar-refractivity contribution in [3.8, 4) is 5.75 Å². The topological polar surface area (TPSA) is 695 Å². The fourth-order valence-corrected chi connectivity index (χ4v) is 12.8. The number of rotatable bonds is 27. The zero-order chi connectivity index (χ0) is 88.7. The number of carboxylic acid groups (broad SMARTS) is 1. The second kappa shape index (κ2) is 45.6. The van der Waals surface area contributed by atoms with Gasteiger partial charge in [-0.3, -0.25) is 86.9 Å². The number of nitrogens with one attached hydrogen (secondary N) is 16. The lowest BCUT2D eigenvalue weighted by molar-refractivity contribution is -0.144. The van der Waals surface area contributed by atoms with Crippen molar-refractivity contribution in [1.29, 1.82) is 5.41 Å². The number of aromatic amines is 1. The number of guanidine groups is 1.